The number of carbonyl (C=O) groups excluding carboxylic acids is 1. The molecule has 8 nitrogen and oxygen atoms in total. The van der Waals surface area contributed by atoms with Crippen molar-refractivity contribution in [1.29, 1.82) is 0 Å². The molecule has 0 spiro atoms. The zero-order valence-electron chi connectivity index (χ0n) is 21.5. The molecule has 2 fully saturated rings. The summed E-state index contributed by atoms with van der Waals surface area (Å²) in [5.41, 5.74) is 6.90. The first-order valence-electron chi connectivity index (χ1n) is 13.3. The minimum absolute atomic E-state index is 0.174. The summed E-state index contributed by atoms with van der Waals surface area (Å²) in [6.45, 7) is 1.35. The van der Waals surface area contributed by atoms with Crippen LogP contribution in [0.15, 0.2) is 55.0 Å². The van der Waals surface area contributed by atoms with Crippen LogP contribution < -0.4 is 21.3 Å². The fourth-order valence-electron chi connectivity index (χ4n) is 5.46. The number of hydrogen-bond acceptors (Lipinski definition) is 7. The van der Waals surface area contributed by atoms with Crippen LogP contribution in [-0.4, -0.2) is 52.1 Å². The van der Waals surface area contributed by atoms with Gasteiger partial charge in [-0.25, -0.2) is 15.0 Å². The Hall–Kier alpha value is -3.73. The van der Waals surface area contributed by atoms with Crippen LogP contribution in [0.4, 0.5) is 24.9 Å². The number of hydrogen-bond donors (Lipinski definition) is 3. The number of benzene rings is 1. The lowest BCUT2D eigenvalue weighted by molar-refractivity contribution is -0.138. The molecular formula is C28H32F3N7O. The van der Waals surface area contributed by atoms with E-state index in [1.165, 1.54) is 0 Å². The molecule has 5 rings (SSSR count). The standard InChI is InChI=1S/C28H32F3N7O/c29-28(30,31)21-15-34-27(35-16-21)38-12-4-7-22(17-38)36-23-8-1-2-9-24(23)37-25-14-19(10-11-33-25)18-5-3-6-20(13-18)26(32)39/h3,5-6,10-11,13-16,22-24,36H,1-2,4,7-9,12,17H2,(H2,32,39)(H,33,37)/t22-,23+,24+/m0/s1. The SMILES string of the molecule is NC(=O)c1cccc(-c2ccnc(N[C@@H]3CCCC[C@H]3N[C@H]3CCCN(c4ncc(C(F)(F)F)cn4)C3)c2)c1. The van der Waals surface area contributed by atoms with E-state index in [2.05, 4.69) is 25.6 Å². The van der Waals surface area contributed by atoms with E-state index in [9.17, 15) is 18.0 Å². The zero-order valence-corrected chi connectivity index (χ0v) is 21.5. The van der Waals surface area contributed by atoms with Crippen LogP contribution in [0, 0.1) is 0 Å². The van der Waals surface area contributed by atoms with Gasteiger partial charge in [-0.15, -0.1) is 0 Å². The summed E-state index contributed by atoms with van der Waals surface area (Å²) in [5, 5.41) is 7.43. The molecule has 4 N–H and O–H groups in total. The minimum Gasteiger partial charge on any atom is -0.366 e. The average Bonchev–Trinajstić information content (AvgIpc) is 2.94. The highest BCUT2D eigenvalue weighted by Gasteiger charge is 2.33. The third kappa shape index (κ3) is 6.65. The van der Waals surface area contributed by atoms with E-state index in [1.54, 1.807) is 18.3 Å². The number of alkyl halides is 3. The molecule has 2 aromatic heterocycles. The first-order valence-corrected chi connectivity index (χ1v) is 13.3. The van der Waals surface area contributed by atoms with Crippen LogP contribution in [0.2, 0.25) is 0 Å². The van der Waals surface area contributed by atoms with Crippen molar-refractivity contribution >= 4 is 17.7 Å². The minimum atomic E-state index is -4.45. The Labute approximate surface area is 225 Å². The Bertz CT molecular complexity index is 1280. The summed E-state index contributed by atoms with van der Waals surface area (Å²) in [4.78, 5) is 26.1. The molecule has 3 heterocycles. The van der Waals surface area contributed by atoms with Gasteiger partial charge in [-0.3, -0.25) is 4.79 Å². The number of piperidine rings is 1. The Morgan fingerprint density at radius 3 is 2.44 bits per heavy atom. The molecule has 1 saturated carbocycles. The normalized spacial score (nSPS) is 21.9. The predicted molar refractivity (Wildman–Crippen MR) is 143 cm³/mol. The van der Waals surface area contributed by atoms with Crippen LogP contribution in [0.25, 0.3) is 11.1 Å². The van der Waals surface area contributed by atoms with Gasteiger partial charge in [0.2, 0.25) is 11.9 Å². The van der Waals surface area contributed by atoms with Gasteiger partial charge >= 0.3 is 6.18 Å². The number of anilines is 2. The van der Waals surface area contributed by atoms with Gasteiger partial charge in [0.15, 0.2) is 0 Å². The van der Waals surface area contributed by atoms with E-state index in [0.717, 1.165) is 67.9 Å². The highest BCUT2D eigenvalue weighted by molar-refractivity contribution is 5.94. The van der Waals surface area contributed by atoms with Gasteiger partial charge in [-0.05, 0) is 61.1 Å². The molecule has 1 aliphatic heterocycles. The van der Waals surface area contributed by atoms with Crippen LogP contribution in [0.5, 0.6) is 0 Å². The van der Waals surface area contributed by atoms with Crippen LogP contribution >= 0.6 is 0 Å². The largest absolute Gasteiger partial charge is 0.419 e. The molecule has 39 heavy (non-hydrogen) atoms. The molecule has 1 aliphatic carbocycles. The van der Waals surface area contributed by atoms with Crippen molar-refractivity contribution in [2.45, 2.75) is 62.8 Å². The van der Waals surface area contributed by atoms with Crippen LogP contribution in [0.1, 0.15) is 54.4 Å². The fraction of sp³-hybridized carbons (Fsp3) is 0.429. The first kappa shape index (κ1) is 26.9. The average molecular weight is 540 g/mol. The summed E-state index contributed by atoms with van der Waals surface area (Å²) in [6, 6.07) is 11.7. The highest BCUT2D eigenvalue weighted by atomic mass is 19.4. The summed E-state index contributed by atoms with van der Waals surface area (Å²) in [6.07, 6.45) is 5.15. The number of nitrogens with one attached hydrogen (secondary N) is 2. The van der Waals surface area contributed by atoms with Gasteiger partial charge < -0.3 is 21.3 Å². The monoisotopic (exact) mass is 539 g/mol. The summed E-state index contributed by atoms with van der Waals surface area (Å²) in [5.74, 6) is 0.625. The van der Waals surface area contributed by atoms with Crippen LogP contribution in [0.3, 0.4) is 0 Å². The molecule has 1 amide bonds. The van der Waals surface area contributed by atoms with E-state index in [0.29, 0.717) is 24.6 Å². The van der Waals surface area contributed by atoms with Crippen LogP contribution in [-0.2, 0) is 6.18 Å². The van der Waals surface area contributed by atoms with Gasteiger partial charge in [0.05, 0.1) is 5.56 Å². The number of amides is 1. The molecule has 11 heteroatoms. The van der Waals surface area contributed by atoms with E-state index < -0.39 is 17.6 Å². The molecule has 3 atom stereocenters. The van der Waals surface area contributed by atoms with Crippen molar-refractivity contribution in [3.63, 3.8) is 0 Å². The Morgan fingerprint density at radius 2 is 1.69 bits per heavy atom. The van der Waals surface area contributed by atoms with Crippen molar-refractivity contribution in [2.24, 2.45) is 5.73 Å². The Kier molecular flexibility index (Phi) is 7.97. The second-order valence-electron chi connectivity index (χ2n) is 10.2. The lowest BCUT2D eigenvalue weighted by Crippen LogP contribution is -2.55. The Morgan fingerprint density at radius 1 is 0.949 bits per heavy atom. The molecule has 0 unspecified atom stereocenters. The van der Waals surface area contributed by atoms with Gasteiger partial charge in [-0.1, -0.05) is 25.0 Å². The Balaban J connectivity index is 1.24. The van der Waals surface area contributed by atoms with Crippen molar-refractivity contribution in [3.05, 3.63) is 66.1 Å². The number of nitrogens with zero attached hydrogens (tertiary/aromatic N) is 4. The van der Waals surface area contributed by atoms with Gasteiger partial charge in [0, 0.05) is 55.4 Å². The quantitative estimate of drug-likeness (QED) is 0.401. The third-order valence-electron chi connectivity index (χ3n) is 7.46. The highest BCUT2D eigenvalue weighted by Crippen LogP contribution is 2.29. The van der Waals surface area contributed by atoms with Gasteiger partial charge in [0.1, 0.15) is 5.82 Å². The molecule has 1 aromatic carbocycles. The van der Waals surface area contributed by atoms with Crippen molar-refractivity contribution < 1.29 is 18.0 Å². The van der Waals surface area contributed by atoms with E-state index in [-0.39, 0.29) is 18.1 Å². The molecule has 0 radical (unpaired) electrons. The van der Waals surface area contributed by atoms with Crippen molar-refractivity contribution in [2.75, 3.05) is 23.3 Å². The van der Waals surface area contributed by atoms with Crippen molar-refractivity contribution in [1.82, 2.24) is 20.3 Å². The number of rotatable bonds is 7. The number of carbonyl (C=O) groups is 1. The van der Waals surface area contributed by atoms with Crippen molar-refractivity contribution in [3.8, 4) is 11.1 Å². The molecule has 0 bridgehead atoms. The fourth-order valence-corrected chi connectivity index (χ4v) is 5.46. The third-order valence-corrected chi connectivity index (χ3v) is 7.46. The van der Waals surface area contributed by atoms with Gasteiger partial charge in [-0.2, -0.15) is 13.2 Å². The van der Waals surface area contributed by atoms with Gasteiger partial charge in [0.25, 0.3) is 0 Å². The smallest absolute Gasteiger partial charge is 0.366 e. The number of aromatic nitrogens is 3. The number of primary amides is 1. The number of halogens is 3. The van der Waals surface area contributed by atoms with E-state index in [1.807, 2.05) is 29.2 Å². The molecule has 1 saturated heterocycles. The van der Waals surface area contributed by atoms with E-state index >= 15 is 0 Å². The number of pyridine rings is 1. The maximum absolute atomic E-state index is 12.9. The molecular weight excluding hydrogens is 507 g/mol. The zero-order chi connectivity index (χ0) is 27.4. The summed E-state index contributed by atoms with van der Waals surface area (Å²) >= 11 is 0. The molecule has 206 valence electrons. The van der Waals surface area contributed by atoms with E-state index in [4.69, 9.17) is 5.73 Å². The second kappa shape index (κ2) is 11.6. The molecule has 3 aromatic rings. The maximum atomic E-state index is 12.9. The summed E-state index contributed by atoms with van der Waals surface area (Å²) < 4.78 is 38.7. The second-order valence-corrected chi connectivity index (χ2v) is 10.2. The summed E-state index contributed by atoms with van der Waals surface area (Å²) in [7, 11) is 0. The number of nitrogens with two attached hydrogens (primary N) is 1. The maximum Gasteiger partial charge on any atom is 0.419 e. The lowest BCUT2D eigenvalue weighted by atomic mass is 9.89. The first-order chi connectivity index (χ1) is 18.8. The lowest BCUT2D eigenvalue weighted by Gasteiger charge is -2.39. The molecule has 2 aliphatic rings. The topological polar surface area (TPSA) is 109 Å². The predicted octanol–water partition coefficient (Wildman–Crippen LogP) is 4.64.